The number of hydrogen-bond acceptors (Lipinski definition) is 3. The number of carbonyl (C=O) groups is 3. The van der Waals surface area contributed by atoms with Gasteiger partial charge in [-0.05, 0) is 18.1 Å². The van der Waals surface area contributed by atoms with E-state index in [4.69, 9.17) is 15.3 Å². The van der Waals surface area contributed by atoms with Crippen molar-refractivity contribution in [1.82, 2.24) is 0 Å². The molecule has 0 bridgehead atoms. The number of rotatable bonds is 9. The fourth-order valence-electron chi connectivity index (χ4n) is 1.23. The Bertz CT molecular complexity index is 222. The first-order valence-corrected chi connectivity index (χ1v) is 7.03. The molecular formula is C9H15O6Si. The maximum Gasteiger partial charge on any atom is 0.303 e. The van der Waals surface area contributed by atoms with Gasteiger partial charge in [0.1, 0.15) is 0 Å². The molecule has 0 amide bonds. The van der Waals surface area contributed by atoms with Crippen LogP contribution in [0.25, 0.3) is 0 Å². The monoisotopic (exact) mass is 247 g/mol. The van der Waals surface area contributed by atoms with Crippen LogP contribution in [0.4, 0.5) is 0 Å². The minimum absolute atomic E-state index is 0.00641. The summed E-state index contributed by atoms with van der Waals surface area (Å²) in [5.41, 5.74) is 0. The van der Waals surface area contributed by atoms with E-state index in [9.17, 15) is 14.4 Å². The molecule has 0 aromatic carbocycles. The fourth-order valence-corrected chi connectivity index (χ4v) is 3.68. The average molecular weight is 247 g/mol. The average Bonchev–Trinajstić information content (AvgIpc) is 2.15. The molecule has 0 rings (SSSR count). The summed E-state index contributed by atoms with van der Waals surface area (Å²) in [6.45, 7) is 0. The molecule has 3 N–H and O–H groups in total. The number of carboxylic acids is 3. The molecule has 0 aromatic heterocycles. The summed E-state index contributed by atoms with van der Waals surface area (Å²) in [6, 6.07) is 1.29. The summed E-state index contributed by atoms with van der Waals surface area (Å²) in [4.78, 5) is 31.1. The van der Waals surface area contributed by atoms with Crippen LogP contribution in [0.3, 0.4) is 0 Å². The lowest BCUT2D eigenvalue weighted by molar-refractivity contribution is -0.137. The second-order valence-electron chi connectivity index (χ2n) is 3.43. The van der Waals surface area contributed by atoms with Crippen LogP contribution < -0.4 is 0 Å². The van der Waals surface area contributed by atoms with E-state index in [1.165, 1.54) is 0 Å². The van der Waals surface area contributed by atoms with Gasteiger partial charge in [-0.3, -0.25) is 14.4 Å². The Morgan fingerprint density at radius 2 is 0.938 bits per heavy atom. The minimum atomic E-state index is -1.17. The van der Waals surface area contributed by atoms with Gasteiger partial charge in [-0.15, -0.1) is 0 Å². The Morgan fingerprint density at radius 1 is 0.688 bits per heavy atom. The molecule has 1 radical (unpaired) electrons. The van der Waals surface area contributed by atoms with Crippen LogP contribution in [0.1, 0.15) is 19.3 Å². The third-order valence-corrected chi connectivity index (χ3v) is 4.95. The van der Waals surface area contributed by atoms with Gasteiger partial charge in [-0.1, -0.05) is 0 Å². The summed E-state index contributed by atoms with van der Waals surface area (Å²) < 4.78 is 0. The van der Waals surface area contributed by atoms with Gasteiger partial charge >= 0.3 is 17.9 Å². The van der Waals surface area contributed by atoms with Crippen molar-refractivity contribution in [3.63, 3.8) is 0 Å². The second kappa shape index (κ2) is 7.86. The first kappa shape index (κ1) is 14.6. The largest absolute Gasteiger partial charge is 0.481 e. The number of hydrogen-bond donors (Lipinski definition) is 3. The molecule has 0 spiro atoms. The zero-order valence-corrected chi connectivity index (χ0v) is 9.81. The van der Waals surface area contributed by atoms with Crippen molar-refractivity contribution in [2.45, 2.75) is 37.4 Å². The van der Waals surface area contributed by atoms with E-state index >= 15 is 0 Å². The number of aliphatic carboxylic acids is 3. The highest BCUT2D eigenvalue weighted by Gasteiger charge is 2.16. The van der Waals surface area contributed by atoms with Crippen LogP contribution in [-0.2, 0) is 14.4 Å². The molecule has 0 aromatic rings. The van der Waals surface area contributed by atoms with Crippen LogP contribution in [0.5, 0.6) is 0 Å². The quantitative estimate of drug-likeness (QED) is 0.522. The lowest BCUT2D eigenvalue weighted by Crippen LogP contribution is -2.17. The van der Waals surface area contributed by atoms with Crippen molar-refractivity contribution >= 4 is 26.7 Å². The molecule has 0 aliphatic heterocycles. The molecule has 0 saturated carbocycles. The molecular weight excluding hydrogens is 232 g/mol. The van der Waals surface area contributed by atoms with E-state index in [-0.39, 0.29) is 19.3 Å². The van der Waals surface area contributed by atoms with Gasteiger partial charge in [0.2, 0.25) is 0 Å². The topological polar surface area (TPSA) is 112 Å². The van der Waals surface area contributed by atoms with Gasteiger partial charge in [0.05, 0.1) is 0 Å². The SMILES string of the molecule is O=C(O)CC[Si](CCC(=O)O)CCC(=O)O. The van der Waals surface area contributed by atoms with Crippen molar-refractivity contribution in [2.24, 2.45) is 0 Å². The third kappa shape index (κ3) is 9.19. The van der Waals surface area contributed by atoms with Crippen molar-refractivity contribution in [3.05, 3.63) is 0 Å². The zero-order valence-electron chi connectivity index (χ0n) is 8.81. The van der Waals surface area contributed by atoms with Gasteiger partial charge in [0.15, 0.2) is 0 Å². The summed E-state index contributed by atoms with van der Waals surface area (Å²) in [6.07, 6.45) is -0.0192. The van der Waals surface area contributed by atoms with Gasteiger partial charge in [0, 0.05) is 28.1 Å². The summed E-state index contributed by atoms with van der Waals surface area (Å²) >= 11 is 0. The van der Waals surface area contributed by atoms with Crippen molar-refractivity contribution in [3.8, 4) is 0 Å². The highest BCUT2D eigenvalue weighted by Crippen LogP contribution is 2.13. The maximum absolute atomic E-state index is 10.4. The number of carboxylic acid groups (broad SMARTS) is 3. The first-order chi connectivity index (χ1) is 7.41. The van der Waals surface area contributed by atoms with Crippen LogP contribution in [0.2, 0.25) is 18.1 Å². The molecule has 0 heterocycles. The van der Waals surface area contributed by atoms with Crippen LogP contribution in [0.15, 0.2) is 0 Å². The lowest BCUT2D eigenvalue weighted by Gasteiger charge is -2.11. The van der Waals surface area contributed by atoms with Crippen molar-refractivity contribution in [2.75, 3.05) is 0 Å². The van der Waals surface area contributed by atoms with Gasteiger partial charge in [-0.2, -0.15) is 0 Å². The van der Waals surface area contributed by atoms with E-state index < -0.39 is 26.7 Å². The second-order valence-corrected chi connectivity index (χ2v) is 6.43. The fraction of sp³-hybridized carbons (Fsp3) is 0.667. The van der Waals surface area contributed by atoms with Gasteiger partial charge in [0.25, 0.3) is 0 Å². The van der Waals surface area contributed by atoms with Crippen LogP contribution in [-0.4, -0.2) is 42.0 Å². The Hall–Kier alpha value is -1.37. The molecule has 0 aliphatic carbocycles. The molecule has 0 fully saturated rings. The van der Waals surface area contributed by atoms with E-state index in [0.29, 0.717) is 18.1 Å². The summed E-state index contributed by atoms with van der Waals surface area (Å²) in [5, 5.41) is 25.5. The van der Waals surface area contributed by atoms with Gasteiger partial charge < -0.3 is 15.3 Å². The smallest absolute Gasteiger partial charge is 0.303 e. The Balaban J connectivity index is 3.98. The molecule has 0 saturated heterocycles. The van der Waals surface area contributed by atoms with Gasteiger partial charge in [-0.25, -0.2) is 0 Å². The Kier molecular flexibility index (Phi) is 7.18. The molecule has 6 nitrogen and oxygen atoms in total. The van der Waals surface area contributed by atoms with E-state index in [1.807, 2.05) is 0 Å². The molecule has 0 atom stereocenters. The summed E-state index contributed by atoms with van der Waals surface area (Å²) in [7, 11) is -1.17. The van der Waals surface area contributed by atoms with Crippen LogP contribution in [0, 0.1) is 0 Å². The Labute approximate surface area is 94.5 Å². The molecule has 0 unspecified atom stereocenters. The van der Waals surface area contributed by atoms with Crippen molar-refractivity contribution in [1.29, 1.82) is 0 Å². The third-order valence-electron chi connectivity index (χ3n) is 2.08. The minimum Gasteiger partial charge on any atom is -0.481 e. The molecule has 7 heteroatoms. The zero-order chi connectivity index (χ0) is 12.6. The maximum atomic E-state index is 10.4. The predicted octanol–water partition coefficient (Wildman–Crippen LogP) is 0.905. The highest BCUT2D eigenvalue weighted by molar-refractivity contribution is 6.59. The first-order valence-electron chi connectivity index (χ1n) is 4.90. The summed E-state index contributed by atoms with van der Waals surface area (Å²) in [5.74, 6) is -2.77. The predicted molar refractivity (Wildman–Crippen MR) is 56.9 cm³/mol. The molecule has 0 aliphatic rings. The standard InChI is InChI=1S/C9H15O6Si/c10-7(11)1-4-16(5-2-8(12)13)6-3-9(14)15/h1-6H2,(H,10,11)(H,12,13)(H,14,15). The van der Waals surface area contributed by atoms with E-state index in [1.54, 1.807) is 0 Å². The van der Waals surface area contributed by atoms with E-state index in [2.05, 4.69) is 0 Å². The Morgan fingerprint density at radius 3 is 1.12 bits per heavy atom. The van der Waals surface area contributed by atoms with Crippen LogP contribution >= 0.6 is 0 Å². The normalized spacial score (nSPS) is 10.3. The highest BCUT2D eigenvalue weighted by atomic mass is 28.3. The van der Waals surface area contributed by atoms with Crippen molar-refractivity contribution < 1.29 is 29.7 Å². The lowest BCUT2D eigenvalue weighted by atomic mass is 10.5. The molecule has 91 valence electrons. The molecule has 16 heavy (non-hydrogen) atoms. The van der Waals surface area contributed by atoms with E-state index in [0.717, 1.165) is 0 Å².